The first kappa shape index (κ1) is 13.7. The number of nitro benzene ring substituents is 1. The van der Waals surface area contributed by atoms with Crippen LogP contribution >= 0.6 is 0 Å². The van der Waals surface area contributed by atoms with Crippen molar-refractivity contribution in [3.05, 3.63) is 64.2 Å². The van der Waals surface area contributed by atoms with Crippen LogP contribution in [0.4, 0.5) is 5.69 Å². The number of carbonyl (C=O) groups excluding carboxylic acids is 1. The monoisotopic (exact) mass is 297 g/mol. The van der Waals surface area contributed by atoms with E-state index in [1.54, 1.807) is 4.68 Å². The van der Waals surface area contributed by atoms with Crippen molar-refractivity contribution in [3.8, 4) is 0 Å². The van der Waals surface area contributed by atoms with E-state index in [2.05, 4.69) is 15.6 Å². The normalized spacial score (nSPS) is 10.5. The van der Waals surface area contributed by atoms with Crippen LogP contribution in [0.1, 0.15) is 10.4 Å². The number of carbonyl (C=O) groups is 1. The third-order valence-corrected chi connectivity index (χ3v) is 3.15. The fourth-order valence-corrected chi connectivity index (χ4v) is 2.02. The molecule has 1 aromatic heterocycles. The van der Waals surface area contributed by atoms with Crippen molar-refractivity contribution in [2.45, 2.75) is 6.67 Å². The predicted octanol–water partition coefficient (Wildman–Crippen LogP) is 1.73. The Labute approximate surface area is 124 Å². The molecule has 0 radical (unpaired) electrons. The number of benzene rings is 2. The molecule has 1 amide bonds. The van der Waals surface area contributed by atoms with E-state index >= 15 is 0 Å². The fourth-order valence-electron chi connectivity index (χ4n) is 2.02. The predicted molar refractivity (Wildman–Crippen MR) is 78.1 cm³/mol. The van der Waals surface area contributed by atoms with E-state index in [4.69, 9.17) is 0 Å². The standard InChI is InChI=1S/C14H11N5O3/c20-14(10-5-7-11(8-6-10)19(21)22)15-9-18-13-4-2-1-3-12(13)16-17-18/h1-8H,9H2,(H,15,20). The van der Waals surface area contributed by atoms with Crippen LogP contribution < -0.4 is 5.32 Å². The molecule has 8 heteroatoms. The molecular weight excluding hydrogens is 286 g/mol. The zero-order valence-electron chi connectivity index (χ0n) is 11.3. The highest BCUT2D eigenvalue weighted by Crippen LogP contribution is 2.12. The molecule has 0 saturated carbocycles. The number of nitrogens with zero attached hydrogens (tertiary/aromatic N) is 4. The molecule has 8 nitrogen and oxygen atoms in total. The number of amides is 1. The number of nitro groups is 1. The molecule has 3 rings (SSSR count). The van der Waals surface area contributed by atoms with Crippen LogP contribution in [-0.2, 0) is 6.67 Å². The van der Waals surface area contributed by atoms with Gasteiger partial charge in [0.25, 0.3) is 11.6 Å². The van der Waals surface area contributed by atoms with Gasteiger partial charge in [0.2, 0.25) is 0 Å². The van der Waals surface area contributed by atoms with E-state index < -0.39 is 4.92 Å². The third kappa shape index (κ3) is 2.62. The highest BCUT2D eigenvalue weighted by Gasteiger charge is 2.10. The van der Waals surface area contributed by atoms with Crippen LogP contribution in [0.15, 0.2) is 48.5 Å². The van der Waals surface area contributed by atoms with Crippen molar-refractivity contribution >= 4 is 22.6 Å². The maximum absolute atomic E-state index is 12.0. The van der Waals surface area contributed by atoms with Gasteiger partial charge in [0, 0.05) is 17.7 Å². The summed E-state index contributed by atoms with van der Waals surface area (Å²) in [5.74, 6) is -0.338. The second-order valence-electron chi connectivity index (χ2n) is 4.55. The van der Waals surface area contributed by atoms with Gasteiger partial charge in [-0.15, -0.1) is 5.10 Å². The van der Waals surface area contributed by atoms with Gasteiger partial charge < -0.3 is 5.32 Å². The van der Waals surface area contributed by atoms with E-state index in [0.717, 1.165) is 11.0 Å². The summed E-state index contributed by atoms with van der Waals surface area (Å²) in [5, 5.41) is 21.2. The minimum atomic E-state index is -0.511. The Balaban J connectivity index is 1.70. The van der Waals surface area contributed by atoms with Crippen LogP contribution in [0.3, 0.4) is 0 Å². The number of nitrogens with one attached hydrogen (secondary N) is 1. The molecule has 0 bridgehead atoms. The van der Waals surface area contributed by atoms with Gasteiger partial charge in [-0.2, -0.15) is 0 Å². The van der Waals surface area contributed by atoms with Crippen LogP contribution in [-0.4, -0.2) is 25.8 Å². The van der Waals surface area contributed by atoms with Gasteiger partial charge in [0.1, 0.15) is 12.2 Å². The molecule has 0 aliphatic carbocycles. The summed E-state index contributed by atoms with van der Waals surface area (Å²) >= 11 is 0. The van der Waals surface area contributed by atoms with Gasteiger partial charge in [-0.3, -0.25) is 14.9 Å². The maximum Gasteiger partial charge on any atom is 0.269 e. The Morgan fingerprint density at radius 2 is 1.91 bits per heavy atom. The fraction of sp³-hybridized carbons (Fsp3) is 0.0714. The van der Waals surface area contributed by atoms with Crippen LogP contribution in [0.2, 0.25) is 0 Å². The molecule has 0 fully saturated rings. The van der Waals surface area contributed by atoms with E-state index in [0.29, 0.717) is 5.56 Å². The lowest BCUT2D eigenvalue weighted by atomic mass is 10.2. The summed E-state index contributed by atoms with van der Waals surface area (Å²) < 4.78 is 1.57. The average molecular weight is 297 g/mol. The zero-order valence-corrected chi connectivity index (χ0v) is 11.3. The second-order valence-corrected chi connectivity index (χ2v) is 4.55. The summed E-state index contributed by atoms with van der Waals surface area (Å²) in [7, 11) is 0. The largest absolute Gasteiger partial charge is 0.333 e. The van der Waals surface area contributed by atoms with Crippen molar-refractivity contribution in [2.24, 2.45) is 0 Å². The van der Waals surface area contributed by atoms with Crippen molar-refractivity contribution < 1.29 is 9.72 Å². The molecule has 2 aromatic carbocycles. The van der Waals surface area contributed by atoms with E-state index in [1.807, 2.05) is 24.3 Å². The molecule has 1 heterocycles. The highest BCUT2D eigenvalue weighted by atomic mass is 16.6. The van der Waals surface area contributed by atoms with Crippen molar-refractivity contribution in [2.75, 3.05) is 0 Å². The number of hydrogen-bond donors (Lipinski definition) is 1. The lowest BCUT2D eigenvalue weighted by Crippen LogP contribution is -2.26. The molecule has 110 valence electrons. The Bertz CT molecular complexity index is 841. The zero-order chi connectivity index (χ0) is 15.5. The number of hydrogen-bond acceptors (Lipinski definition) is 5. The topological polar surface area (TPSA) is 103 Å². The first-order valence-electron chi connectivity index (χ1n) is 6.46. The Morgan fingerprint density at radius 3 is 2.64 bits per heavy atom. The number of para-hydroxylation sites is 1. The minimum absolute atomic E-state index is 0.0566. The van der Waals surface area contributed by atoms with Crippen molar-refractivity contribution in [1.82, 2.24) is 20.3 Å². The quantitative estimate of drug-likeness (QED) is 0.583. The van der Waals surface area contributed by atoms with Crippen LogP contribution in [0.25, 0.3) is 11.0 Å². The molecule has 0 unspecified atom stereocenters. The third-order valence-electron chi connectivity index (χ3n) is 3.15. The van der Waals surface area contributed by atoms with Gasteiger partial charge in [0.05, 0.1) is 10.4 Å². The van der Waals surface area contributed by atoms with Gasteiger partial charge in [-0.05, 0) is 24.3 Å². The number of rotatable bonds is 4. The lowest BCUT2D eigenvalue weighted by molar-refractivity contribution is -0.384. The molecule has 22 heavy (non-hydrogen) atoms. The van der Waals surface area contributed by atoms with Gasteiger partial charge >= 0.3 is 0 Å². The molecule has 3 aromatic rings. The van der Waals surface area contributed by atoms with Gasteiger partial charge in [-0.25, -0.2) is 4.68 Å². The van der Waals surface area contributed by atoms with Crippen LogP contribution in [0.5, 0.6) is 0 Å². The first-order valence-corrected chi connectivity index (χ1v) is 6.46. The summed E-state index contributed by atoms with van der Waals surface area (Å²) in [5.41, 5.74) is 1.84. The molecule has 0 aliphatic rings. The molecule has 0 atom stereocenters. The summed E-state index contributed by atoms with van der Waals surface area (Å²) in [4.78, 5) is 22.1. The number of fused-ring (bicyclic) bond motifs is 1. The highest BCUT2D eigenvalue weighted by molar-refractivity contribution is 5.94. The maximum atomic E-state index is 12.0. The Hall–Kier alpha value is -3.29. The van der Waals surface area contributed by atoms with Crippen molar-refractivity contribution in [3.63, 3.8) is 0 Å². The van der Waals surface area contributed by atoms with Crippen molar-refractivity contribution in [1.29, 1.82) is 0 Å². The smallest absolute Gasteiger partial charge is 0.269 e. The molecule has 1 N–H and O–H groups in total. The second kappa shape index (κ2) is 5.60. The van der Waals surface area contributed by atoms with Gasteiger partial charge in [0.15, 0.2) is 0 Å². The SMILES string of the molecule is O=C(NCn1nnc2ccccc21)c1ccc([N+](=O)[O-])cc1. The lowest BCUT2D eigenvalue weighted by Gasteiger charge is -2.05. The summed E-state index contributed by atoms with van der Waals surface area (Å²) in [6.07, 6.45) is 0. The Morgan fingerprint density at radius 1 is 1.18 bits per heavy atom. The molecule has 0 aliphatic heterocycles. The minimum Gasteiger partial charge on any atom is -0.333 e. The van der Waals surface area contributed by atoms with E-state index in [1.165, 1.54) is 24.3 Å². The first-order chi connectivity index (χ1) is 10.6. The molecule has 0 saturated heterocycles. The summed E-state index contributed by atoms with van der Waals surface area (Å²) in [6.45, 7) is 0.163. The van der Waals surface area contributed by atoms with Gasteiger partial charge in [-0.1, -0.05) is 17.3 Å². The summed E-state index contributed by atoms with van der Waals surface area (Å²) in [6, 6.07) is 12.8. The van der Waals surface area contributed by atoms with E-state index in [9.17, 15) is 14.9 Å². The Kier molecular flexibility index (Phi) is 3.48. The average Bonchev–Trinajstić information content (AvgIpc) is 2.96. The molecule has 0 spiro atoms. The number of non-ortho nitro benzene ring substituents is 1. The van der Waals surface area contributed by atoms with E-state index in [-0.39, 0.29) is 18.3 Å². The number of aromatic nitrogens is 3. The van der Waals surface area contributed by atoms with Crippen LogP contribution in [0, 0.1) is 10.1 Å². The molecular formula is C14H11N5O3.